The highest BCUT2D eigenvalue weighted by molar-refractivity contribution is 6.64. The van der Waals surface area contributed by atoms with E-state index in [0.29, 0.717) is 0 Å². The number of hydrogen-bond acceptors (Lipinski definition) is 2. The van der Waals surface area contributed by atoms with Gasteiger partial charge in [0.25, 0.3) is 0 Å². The molecule has 0 N–H and O–H groups in total. The predicted octanol–water partition coefficient (Wildman–Crippen LogP) is 9.29. The zero-order valence-electron chi connectivity index (χ0n) is 11.6. The van der Waals surface area contributed by atoms with Crippen molar-refractivity contribution in [2.75, 3.05) is 0 Å². The summed E-state index contributed by atoms with van der Waals surface area (Å²) in [5, 5.41) is -2.89. The minimum Gasteiger partial charge on any atom is -0.285 e. The van der Waals surface area contributed by atoms with Gasteiger partial charge in [-0.1, -0.05) is 116 Å². The van der Waals surface area contributed by atoms with Crippen molar-refractivity contribution in [2.45, 2.75) is 0 Å². The molecule has 0 radical (unpaired) electrons. The predicted molar refractivity (Wildman–Crippen MR) is 112 cm³/mol. The zero-order valence-corrected chi connectivity index (χ0v) is 19.2. The number of halogens is 10. The molecule has 0 spiro atoms. The van der Waals surface area contributed by atoms with Gasteiger partial charge in [0.2, 0.25) is 11.6 Å². The third-order valence-electron chi connectivity index (χ3n) is 3.08. The molecule has 0 saturated carbocycles. The van der Waals surface area contributed by atoms with Crippen molar-refractivity contribution in [1.82, 2.24) is 0 Å². The lowest BCUT2D eigenvalue weighted by atomic mass is 10.0. The van der Waals surface area contributed by atoms with Gasteiger partial charge >= 0.3 is 0 Å². The van der Waals surface area contributed by atoms with Crippen molar-refractivity contribution in [3.05, 3.63) is 61.4 Å². The standard InChI is InChI=1S/C14Cl10O2/c15-3-1(4(16)8(20)11(23)7(3)19)13(25)14(26)2-5(17)9(21)12(24)10(22)6(2)18. The van der Waals surface area contributed by atoms with Crippen LogP contribution >= 0.6 is 116 Å². The van der Waals surface area contributed by atoms with E-state index in [1.54, 1.807) is 0 Å². The fraction of sp³-hybridized carbons (Fsp3) is 0. The van der Waals surface area contributed by atoms with Crippen LogP contribution in [0.3, 0.4) is 0 Å². The van der Waals surface area contributed by atoms with E-state index in [-0.39, 0.29) is 50.2 Å². The summed E-state index contributed by atoms with van der Waals surface area (Å²) >= 11 is 59.3. The maximum Gasteiger partial charge on any atom is 0.236 e. The monoisotopic (exact) mass is 550 g/mol. The van der Waals surface area contributed by atoms with Gasteiger partial charge in [-0.05, 0) is 0 Å². The molecule has 2 rings (SSSR count). The number of benzene rings is 2. The van der Waals surface area contributed by atoms with Crippen LogP contribution in [0.1, 0.15) is 20.7 Å². The summed E-state index contributed by atoms with van der Waals surface area (Å²) in [7, 11) is 0. The smallest absolute Gasteiger partial charge is 0.236 e. The van der Waals surface area contributed by atoms with Crippen molar-refractivity contribution < 1.29 is 9.59 Å². The molecule has 0 bridgehead atoms. The van der Waals surface area contributed by atoms with Crippen LogP contribution in [0.4, 0.5) is 0 Å². The van der Waals surface area contributed by atoms with E-state index in [0.717, 1.165) is 0 Å². The summed E-state index contributed by atoms with van der Waals surface area (Å²) in [5.74, 6) is -2.42. The average molecular weight is 555 g/mol. The van der Waals surface area contributed by atoms with Crippen molar-refractivity contribution in [3.8, 4) is 0 Å². The molecule has 0 atom stereocenters. The van der Waals surface area contributed by atoms with Crippen LogP contribution in [0.15, 0.2) is 0 Å². The number of ketones is 2. The highest BCUT2D eigenvalue weighted by Gasteiger charge is 2.33. The third-order valence-corrected chi connectivity index (χ3v) is 7.63. The van der Waals surface area contributed by atoms with Gasteiger partial charge in [-0.15, -0.1) is 0 Å². The van der Waals surface area contributed by atoms with Crippen molar-refractivity contribution in [2.24, 2.45) is 0 Å². The van der Waals surface area contributed by atoms with Gasteiger partial charge in [-0.3, -0.25) is 9.59 Å². The van der Waals surface area contributed by atoms with Gasteiger partial charge < -0.3 is 0 Å². The van der Waals surface area contributed by atoms with Crippen LogP contribution in [0.2, 0.25) is 50.2 Å². The minimum atomic E-state index is -1.21. The van der Waals surface area contributed by atoms with Gasteiger partial charge in [-0.2, -0.15) is 0 Å². The molecule has 2 aromatic carbocycles. The fourth-order valence-corrected chi connectivity index (χ4v) is 4.46. The van der Waals surface area contributed by atoms with Crippen LogP contribution in [0.25, 0.3) is 0 Å². The van der Waals surface area contributed by atoms with Gasteiger partial charge in [-0.25, -0.2) is 0 Å². The summed E-state index contributed by atoms with van der Waals surface area (Å²) < 4.78 is 0. The first-order valence-electron chi connectivity index (χ1n) is 6.05. The second kappa shape index (κ2) is 8.59. The number of Topliss-reactive ketones (excluding diaryl/α,β-unsaturated/α-hetero) is 2. The number of rotatable bonds is 3. The normalized spacial score (nSPS) is 11.0. The van der Waals surface area contributed by atoms with Gasteiger partial charge in [0.15, 0.2) is 0 Å². The van der Waals surface area contributed by atoms with E-state index < -0.39 is 22.7 Å². The van der Waals surface area contributed by atoms with Crippen LogP contribution < -0.4 is 0 Å². The molecule has 0 amide bonds. The highest BCUT2D eigenvalue weighted by atomic mass is 35.5. The first kappa shape index (κ1) is 23.0. The van der Waals surface area contributed by atoms with Crippen LogP contribution in [-0.4, -0.2) is 11.6 Å². The summed E-state index contributed by atoms with van der Waals surface area (Å²) in [5.41, 5.74) is -0.959. The van der Waals surface area contributed by atoms with E-state index in [2.05, 4.69) is 0 Å². The topological polar surface area (TPSA) is 34.1 Å². The van der Waals surface area contributed by atoms with Gasteiger partial charge in [0.1, 0.15) is 0 Å². The maximum atomic E-state index is 12.7. The lowest BCUT2D eigenvalue weighted by Gasteiger charge is -2.13. The second-order valence-corrected chi connectivity index (χ2v) is 8.33. The van der Waals surface area contributed by atoms with Crippen LogP contribution in [0.5, 0.6) is 0 Å². The zero-order chi connectivity index (χ0) is 20.1. The first-order chi connectivity index (χ1) is 11.9. The van der Waals surface area contributed by atoms with Crippen molar-refractivity contribution >= 4 is 128 Å². The molecule has 2 nitrogen and oxygen atoms in total. The summed E-state index contributed by atoms with van der Waals surface area (Å²) in [6, 6.07) is 0. The lowest BCUT2D eigenvalue weighted by molar-refractivity contribution is 0.0817. The maximum absolute atomic E-state index is 12.7. The van der Waals surface area contributed by atoms with Crippen molar-refractivity contribution in [3.63, 3.8) is 0 Å². The Hall–Kier alpha value is 0.680. The Morgan fingerprint density at radius 3 is 0.692 bits per heavy atom. The van der Waals surface area contributed by atoms with E-state index in [9.17, 15) is 9.59 Å². The van der Waals surface area contributed by atoms with Gasteiger partial charge in [0.05, 0.1) is 61.4 Å². The van der Waals surface area contributed by atoms with E-state index in [1.807, 2.05) is 0 Å². The third kappa shape index (κ3) is 3.76. The molecule has 0 fully saturated rings. The first-order valence-corrected chi connectivity index (χ1v) is 9.83. The molecule has 0 aliphatic carbocycles. The molecule has 0 aromatic heterocycles. The summed E-state index contributed by atoms with van der Waals surface area (Å²) in [4.78, 5) is 25.4. The Bertz CT molecular complexity index is 845. The molecule has 0 heterocycles. The molecule has 0 aliphatic rings. The number of hydrogen-bond donors (Lipinski definition) is 0. The molecule has 0 aliphatic heterocycles. The fourth-order valence-electron chi connectivity index (χ4n) is 1.84. The molecule has 26 heavy (non-hydrogen) atoms. The average Bonchev–Trinajstić information content (AvgIpc) is 2.61. The quantitative estimate of drug-likeness (QED) is 0.164. The molecule has 2 aromatic rings. The Morgan fingerprint density at radius 1 is 0.346 bits per heavy atom. The van der Waals surface area contributed by atoms with Gasteiger partial charge in [0, 0.05) is 0 Å². The second-order valence-electron chi connectivity index (χ2n) is 4.55. The molecule has 0 saturated heterocycles. The Morgan fingerprint density at radius 2 is 0.500 bits per heavy atom. The molecule has 138 valence electrons. The molecule has 12 heteroatoms. The van der Waals surface area contributed by atoms with E-state index in [1.165, 1.54) is 0 Å². The molecular weight excluding hydrogens is 555 g/mol. The largest absolute Gasteiger partial charge is 0.285 e. The Balaban J connectivity index is 2.74. The highest BCUT2D eigenvalue weighted by Crippen LogP contribution is 2.46. The lowest BCUT2D eigenvalue weighted by Crippen LogP contribution is -2.17. The van der Waals surface area contributed by atoms with E-state index in [4.69, 9.17) is 116 Å². The summed E-state index contributed by atoms with van der Waals surface area (Å²) in [6.45, 7) is 0. The van der Waals surface area contributed by atoms with Crippen LogP contribution in [0, 0.1) is 0 Å². The Kier molecular flexibility index (Phi) is 7.58. The minimum absolute atomic E-state index is 0.180. The summed E-state index contributed by atoms with van der Waals surface area (Å²) in [6.07, 6.45) is 0. The van der Waals surface area contributed by atoms with Crippen molar-refractivity contribution in [1.29, 1.82) is 0 Å². The van der Waals surface area contributed by atoms with Crippen LogP contribution in [-0.2, 0) is 0 Å². The molecule has 0 unspecified atom stereocenters. The Labute approximate surface area is 197 Å². The molecular formula is C14Cl10O2. The van der Waals surface area contributed by atoms with E-state index >= 15 is 0 Å². The SMILES string of the molecule is O=C(C(=O)c1c(Cl)c(Cl)c(Cl)c(Cl)c1Cl)c1c(Cl)c(Cl)c(Cl)c(Cl)c1Cl. The number of carbonyl (C=O) groups is 2. The number of carbonyl (C=O) groups excluding carboxylic acids is 2.